The molecule has 4 nitrogen and oxygen atoms in total. The Labute approximate surface area is 108 Å². The fourth-order valence-electron chi connectivity index (χ4n) is 1.33. The van der Waals surface area contributed by atoms with Crippen molar-refractivity contribution in [1.82, 2.24) is 4.98 Å². The standard InChI is InChI=1S/C11H11ClN2O2S/c1-16-8-3-2-7(9(15)4-8)5-13-11-14-6-10(12)17-11/h2-4,6,15H,5H2,1H3,(H,13,14). The van der Waals surface area contributed by atoms with E-state index in [0.717, 1.165) is 10.7 Å². The number of nitrogens with zero attached hydrogens (tertiary/aromatic N) is 1. The second kappa shape index (κ2) is 5.25. The molecule has 0 fully saturated rings. The molecule has 0 amide bonds. The first-order valence-electron chi connectivity index (χ1n) is 4.90. The largest absolute Gasteiger partial charge is 0.507 e. The summed E-state index contributed by atoms with van der Waals surface area (Å²) in [5.41, 5.74) is 0.775. The van der Waals surface area contributed by atoms with Gasteiger partial charge in [-0.15, -0.1) is 0 Å². The number of anilines is 1. The van der Waals surface area contributed by atoms with Gasteiger partial charge in [0.15, 0.2) is 5.13 Å². The molecule has 2 aromatic rings. The van der Waals surface area contributed by atoms with Gasteiger partial charge in [0.1, 0.15) is 15.8 Å². The number of hydrogen-bond acceptors (Lipinski definition) is 5. The average Bonchev–Trinajstić information content (AvgIpc) is 2.73. The molecular formula is C11H11ClN2O2S. The summed E-state index contributed by atoms with van der Waals surface area (Å²) in [7, 11) is 1.56. The monoisotopic (exact) mass is 270 g/mol. The predicted octanol–water partition coefficient (Wildman–Crippen LogP) is 3.12. The van der Waals surface area contributed by atoms with Crippen LogP contribution in [0.4, 0.5) is 5.13 Å². The van der Waals surface area contributed by atoms with E-state index in [0.29, 0.717) is 16.6 Å². The van der Waals surface area contributed by atoms with Crippen molar-refractivity contribution >= 4 is 28.1 Å². The molecule has 2 N–H and O–H groups in total. The second-order valence-electron chi connectivity index (χ2n) is 3.32. The van der Waals surface area contributed by atoms with E-state index in [-0.39, 0.29) is 5.75 Å². The van der Waals surface area contributed by atoms with Crippen LogP contribution >= 0.6 is 22.9 Å². The smallest absolute Gasteiger partial charge is 0.184 e. The minimum atomic E-state index is 0.194. The molecular weight excluding hydrogens is 260 g/mol. The Kier molecular flexibility index (Phi) is 3.71. The normalized spacial score (nSPS) is 10.2. The molecule has 1 aromatic carbocycles. The number of methoxy groups -OCH3 is 1. The van der Waals surface area contributed by atoms with Crippen molar-refractivity contribution < 1.29 is 9.84 Å². The third kappa shape index (κ3) is 3.01. The Morgan fingerprint density at radius 3 is 2.94 bits per heavy atom. The zero-order valence-corrected chi connectivity index (χ0v) is 10.7. The summed E-state index contributed by atoms with van der Waals surface area (Å²) in [6.07, 6.45) is 1.59. The Bertz CT molecular complexity index is 516. The lowest BCUT2D eigenvalue weighted by Gasteiger charge is -2.07. The molecule has 0 saturated carbocycles. The highest BCUT2D eigenvalue weighted by atomic mass is 35.5. The molecule has 2 rings (SSSR count). The first kappa shape index (κ1) is 12.0. The summed E-state index contributed by atoms with van der Waals surface area (Å²) in [5.74, 6) is 0.822. The fraction of sp³-hybridized carbons (Fsp3) is 0.182. The summed E-state index contributed by atoms with van der Waals surface area (Å²) < 4.78 is 5.64. The Morgan fingerprint density at radius 2 is 2.35 bits per heavy atom. The number of ether oxygens (including phenoxy) is 1. The van der Waals surface area contributed by atoms with Gasteiger partial charge in [-0.2, -0.15) is 0 Å². The van der Waals surface area contributed by atoms with Crippen LogP contribution < -0.4 is 10.1 Å². The van der Waals surface area contributed by atoms with Gasteiger partial charge in [0.25, 0.3) is 0 Å². The second-order valence-corrected chi connectivity index (χ2v) is 4.98. The van der Waals surface area contributed by atoms with Crippen LogP contribution in [0, 0.1) is 0 Å². The number of phenolic OH excluding ortho intramolecular Hbond substituents is 1. The number of aromatic nitrogens is 1. The maximum atomic E-state index is 9.74. The molecule has 0 unspecified atom stereocenters. The first-order chi connectivity index (χ1) is 8.19. The van der Waals surface area contributed by atoms with Gasteiger partial charge in [-0.05, 0) is 12.1 Å². The van der Waals surface area contributed by atoms with Gasteiger partial charge in [-0.25, -0.2) is 4.98 Å². The van der Waals surface area contributed by atoms with E-state index in [1.54, 1.807) is 31.5 Å². The number of halogens is 1. The summed E-state index contributed by atoms with van der Waals surface area (Å²) in [6, 6.07) is 5.17. The quantitative estimate of drug-likeness (QED) is 0.896. The maximum absolute atomic E-state index is 9.74. The van der Waals surface area contributed by atoms with E-state index in [4.69, 9.17) is 16.3 Å². The lowest BCUT2D eigenvalue weighted by Crippen LogP contribution is -1.99. The zero-order valence-electron chi connectivity index (χ0n) is 9.11. The molecule has 0 atom stereocenters. The van der Waals surface area contributed by atoms with Crippen LogP contribution in [0.15, 0.2) is 24.4 Å². The highest BCUT2D eigenvalue weighted by Gasteiger charge is 2.04. The molecule has 0 saturated heterocycles. The Morgan fingerprint density at radius 1 is 1.53 bits per heavy atom. The Hall–Kier alpha value is -1.46. The lowest BCUT2D eigenvalue weighted by molar-refractivity contribution is 0.406. The Balaban J connectivity index is 2.04. The predicted molar refractivity (Wildman–Crippen MR) is 69.1 cm³/mol. The van der Waals surface area contributed by atoms with Crippen LogP contribution in [0.1, 0.15) is 5.56 Å². The van der Waals surface area contributed by atoms with Crippen LogP contribution in [0.25, 0.3) is 0 Å². The van der Waals surface area contributed by atoms with Gasteiger partial charge >= 0.3 is 0 Å². The molecule has 0 aliphatic heterocycles. The first-order valence-corrected chi connectivity index (χ1v) is 6.09. The van der Waals surface area contributed by atoms with Crippen molar-refractivity contribution in [2.75, 3.05) is 12.4 Å². The van der Waals surface area contributed by atoms with Crippen LogP contribution in [-0.2, 0) is 6.54 Å². The minimum Gasteiger partial charge on any atom is -0.507 e. The van der Waals surface area contributed by atoms with Crippen molar-refractivity contribution in [3.05, 3.63) is 34.3 Å². The van der Waals surface area contributed by atoms with E-state index in [1.807, 2.05) is 0 Å². The molecule has 17 heavy (non-hydrogen) atoms. The molecule has 1 aromatic heterocycles. The van der Waals surface area contributed by atoms with E-state index in [2.05, 4.69) is 10.3 Å². The average molecular weight is 271 g/mol. The lowest BCUT2D eigenvalue weighted by atomic mass is 10.2. The summed E-state index contributed by atoms with van der Waals surface area (Å²) >= 11 is 7.12. The van der Waals surface area contributed by atoms with Gasteiger partial charge in [0.2, 0.25) is 0 Å². The number of nitrogens with one attached hydrogen (secondary N) is 1. The number of phenols is 1. The van der Waals surface area contributed by atoms with Crippen molar-refractivity contribution in [1.29, 1.82) is 0 Å². The maximum Gasteiger partial charge on any atom is 0.184 e. The van der Waals surface area contributed by atoms with Gasteiger partial charge in [-0.1, -0.05) is 22.9 Å². The summed E-state index contributed by atoms with van der Waals surface area (Å²) in [4.78, 5) is 4.06. The molecule has 0 bridgehead atoms. The van der Waals surface area contributed by atoms with Crippen molar-refractivity contribution in [2.24, 2.45) is 0 Å². The van der Waals surface area contributed by atoms with Gasteiger partial charge in [0.05, 0.1) is 13.3 Å². The highest BCUT2D eigenvalue weighted by molar-refractivity contribution is 7.19. The third-order valence-corrected chi connectivity index (χ3v) is 3.27. The molecule has 6 heteroatoms. The van der Waals surface area contributed by atoms with E-state index >= 15 is 0 Å². The highest BCUT2D eigenvalue weighted by Crippen LogP contribution is 2.26. The van der Waals surface area contributed by atoms with Gasteiger partial charge in [-0.3, -0.25) is 0 Å². The number of hydrogen-bond donors (Lipinski definition) is 2. The van der Waals surface area contributed by atoms with Crippen LogP contribution in [0.5, 0.6) is 11.5 Å². The molecule has 0 aliphatic carbocycles. The fourth-order valence-corrected chi connectivity index (χ4v) is 2.14. The van der Waals surface area contributed by atoms with E-state index in [1.165, 1.54) is 11.3 Å². The van der Waals surface area contributed by atoms with Gasteiger partial charge < -0.3 is 15.2 Å². The van der Waals surface area contributed by atoms with Crippen molar-refractivity contribution in [3.63, 3.8) is 0 Å². The molecule has 0 aliphatic rings. The zero-order chi connectivity index (χ0) is 12.3. The minimum absolute atomic E-state index is 0.194. The molecule has 90 valence electrons. The van der Waals surface area contributed by atoms with Crippen LogP contribution in [0.2, 0.25) is 4.34 Å². The molecule has 0 radical (unpaired) electrons. The third-order valence-electron chi connectivity index (χ3n) is 2.20. The molecule has 1 heterocycles. The van der Waals surface area contributed by atoms with E-state index in [9.17, 15) is 5.11 Å². The van der Waals surface area contributed by atoms with E-state index < -0.39 is 0 Å². The topological polar surface area (TPSA) is 54.4 Å². The van der Waals surface area contributed by atoms with Crippen LogP contribution in [0.3, 0.4) is 0 Å². The van der Waals surface area contributed by atoms with Crippen molar-refractivity contribution in [3.8, 4) is 11.5 Å². The summed E-state index contributed by atoms with van der Waals surface area (Å²) in [5, 5.41) is 13.6. The van der Waals surface area contributed by atoms with Crippen LogP contribution in [-0.4, -0.2) is 17.2 Å². The number of thiazole rings is 1. The number of aromatic hydroxyl groups is 1. The van der Waals surface area contributed by atoms with Gasteiger partial charge in [0, 0.05) is 18.2 Å². The SMILES string of the molecule is COc1ccc(CNc2ncc(Cl)s2)c(O)c1. The molecule has 0 spiro atoms. The van der Waals surface area contributed by atoms with Crippen molar-refractivity contribution in [2.45, 2.75) is 6.54 Å². The summed E-state index contributed by atoms with van der Waals surface area (Å²) in [6.45, 7) is 0.486. The number of rotatable bonds is 4. The number of benzene rings is 1.